The third-order valence-corrected chi connectivity index (χ3v) is 1.97. The van der Waals surface area contributed by atoms with Crippen LogP contribution in [0.3, 0.4) is 0 Å². The van der Waals surface area contributed by atoms with Gasteiger partial charge in [-0.1, -0.05) is 29.8 Å². The van der Waals surface area contributed by atoms with Crippen LogP contribution < -0.4 is 5.32 Å². The van der Waals surface area contributed by atoms with Crippen LogP contribution in [0.5, 0.6) is 0 Å². The van der Waals surface area contributed by atoms with Gasteiger partial charge in [0, 0.05) is 5.92 Å². The average Bonchev–Trinajstić information content (AvgIpc) is 2.09. The molecule has 0 aliphatic heterocycles. The van der Waals surface area contributed by atoms with Crippen LogP contribution >= 0.6 is 15.9 Å². The molecule has 1 amide bonds. The quantitative estimate of drug-likeness (QED) is 0.471. The lowest BCUT2D eigenvalue weighted by molar-refractivity contribution is -0.145. The van der Waals surface area contributed by atoms with E-state index in [4.69, 9.17) is 4.74 Å². The highest BCUT2D eigenvalue weighted by atomic mass is 79.9. The Morgan fingerprint density at radius 1 is 1.40 bits per heavy atom. The van der Waals surface area contributed by atoms with E-state index in [0.29, 0.717) is 6.54 Å². The van der Waals surface area contributed by atoms with Gasteiger partial charge < -0.3 is 10.1 Å². The number of carbonyl (C=O) groups excluding carboxylic acids is 2. The molecule has 4 nitrogen and oxygen atoms in total. The molecule has 1 N–H and O–H groups in total. The summed E-state index contributed by atoms with van der Waals surface area (Å²) >= 11 is 3.19. The van der Waals surface area contributed by atoms with E-state index in [-0.39, 0.29) is 24.4 Å². The van der Waals surface area contributed by atoms with Crippen molar-refractivity contribution in [3.63, 3.8) is 0 Å². The van der Waals surface area contributed by atoms with Crippen LogP contribution in [0.25, 0.3) is 0 Å². The fraction of sp³-hybridized carbons (Fsp3) is 0.800. The molecule has 0 rings (SSSR count). The fourth-order valence-corrected chi connectivity index (χ4v) is 0.808. The first-order valence-corrected chi connectivity index (χ1v) is 5.68. The summed E-state index contributed by atoms with van der Waals surface area (Å²) in [5, 5.41) is 2.66. The summed E-state index contributed by atoms with van der Waals surface area (Å²) in [7, 11) is 0. The molecule has 0 aliphatic carbocycles. The summed E-state index contributed by atoms with van der Waals surface area (Å²) in [4.78, 5) is 22.4. The maximum Gasteiger partial charge on any atom is 0.322 e. The Kier molecular flexibility index (Phi) is 5.87. The van der Waals surface area contributed by atoms with Crippen molar-refractivity contribution < 1.29 is 14.3 Å². The number of hydrogen-bond donors (Lipinski definition) is 1. The Morgan fingerprint density at radius 3 is 2.33 bits per heavy atom. The van der Waals surface area contributed by atoms with Crippen LogP contribution in [0.2, 0.25) is 0 Å². The standard InChI is InChI=1S/C10H18BrNO3/c1-7(2)8(13)12-5-6-15-9(14)10(3,4)11/h7H,5-6H2,1-4H3,(H,12,13). The normalized spacial score (nSPS) is 11.3. The Labute approximate surface area is 98.9 Å². The predicted octanol–water partition coefficient (Wildman–Crippen LogP) is 1.48. The minimum atomic E-state index is -0.672. The van der Waals surface area contributed by atoms with Crippen molar-refractivity contribution in [1.29, 1.82) is 0 Å². The molecule has 0 saturated carbocycles. The Balaban J connectivity index is 3.65. The number of alkyl halides is 1. The van der Waals surface area contributed by atoms with E-state index in [1.54, 1.807) is 13.8 Å². The average molecular weight is 280 g/mol. The molecule has 0 saturated heterocycles. The molecule has 0 aromatic rings. The highest BCUT2D eigenvalue weighted by Gasteiger charge is 2.25. The topological polar surface area (TPSA) is 55.4 Å². The number of esters is 1. The molecule has 0 bridgehead atoms. The van der Waals surface area contributed by atoms with E-state index in [0.717, 1.165) is 0 Å². The van der Waals surface area contributed by atoms with Gasteiger partial charge in [-0.05, 0) is 13.8 Å². The smallest absolute Gasteiger partial charge is 0.322 e. The van der Waals surface area contributed by atoms with Gasteiger partial charge in [0.25, 0.3) is 0 Å². The Morgan fingerprint density at radius 2 is 1.93 bits per heavy atom. The summed E-state index contributed by atoms with van der Waals surface area (Å²) in [5.74, 6) is -0.418. The zero-order valence-electron chi connectivity index (χ0n) is 9.59. The molecule has 0 radical (unpaired) electrons. The number of halogens is 1. The molecule has 0 atom stereocenters. The minimum Gasteiger partial charge on any atom is -0.463 e. The summed E-state index contributed by atoms with van der Waals surface area (Å²) in [5.41, 5.74) is 0. The monoisotopic (exact) mass is 279 g/mol. The Bertz CT molecular complexity index is 233. The number of rotatable bonds is 5. The molecule has 0 unspecified atom stereocenters. The summed E-state index contributed by atoms with van der Waals surface area (Å²) < 4.78 is 4.26. The summed E-state index contributed by atoms with van der Waals surface area (Å²) in [6.45, 7) is 7.59. The molecule has 0 heterocycles. The lowest BCUT2D eigenvalue weighted by atomic mass is 10.2. The number of carbonyl (C=O) groups is 2. The maximum absolute atomic E-state index is 11.3. The van der Waals surface area contributed by atoms with E-state index in [2.05, 4.69) is 21.2 Å². The van der Waals surface area contributed by atoms with Crippen molar-refractivity contribution in [3.8, 4) is 0 Å². The molecular weight excluding hydrogens is 262 g/mol. The highest BCUT2D eigenvalue weighted by Crippen LogP contribution is 2.16. The molecule has 0 fully saturated rings. The minimum absolute atomic E-state index is 0.0378. The van der Waals surface area contributed by atoms with Gasteiger partial charge in [-0.15, -0.1) is 0 Å². The predicted molar refractivity (Wildman–Crippen MR) is 61.8 cm³/mol. The first-order valence-electron chi connectivity index (χ1n) is 4.89. The van der Waals surface area contributed by atoms with E-state index in [1.165, 1.54) is 0 Å². The van der Waals surface area contributed by atoms with Crippen molar-refractivity contribution in [2.24, 2.45) is 5.92 Å². The SMILES string of the molecule is CC(C)C(=O)NCCOC(=O)C(C)(C)Br. The zero-order chi connectivity index (χ0) is 12.1. The molecule has 15 heavy (non-hydrogen) atoms. The van der Waals surface area contributed by atoms with Gasteiger partial charge in [0.05, 0.1) is 6.54 Å². The molecule has 88 valence electrons. The van der Waals surface area contributed by atoms with Gasteiger partial charge in [-0.3, -0.25) is 9.59 Å². The lowest BCUT2D eigenvalue weighted by Gasteiger charge is -2.15. The second kappa shape index (κ2) is 6.10. The van der Waals surface area contributed by atoms with Crippen LogP contribution in [-0.2, 0) is 14.3 Å². The first kappa shape index (κ1) is 14.4. The molecular formula is C10H18BrNO3. The summed E-state index contributed by atoms with van der Waals surface area (Å²) in [6.07, 6.45) is 0. The molecule has 0 aliphatic rings. The first-order chi connectivity index (χ1) is 6.75. The van der Waals surface area contributed by atoms with E-state index in [9.17, 15) is 9.59 Å². The highest BCUT2D eigenvalue weighted by molar-refractivity contribution is 9.10. The zero-order valence-corrected chi connectivity index (χ0v) is 11.2. The van der Waals surface area contributed by atoms with Crippen molar-refractivity contribution in [3.05, 3.63) is 0 Å². The van der Waals surface area contributed by atoms with E-state index in [1.807, 2.05) is 13.8 Å². The second-order valence-corrected chi connectivity index (χ2v) is 6.04. The van der Waals surface area contributed by atoms with Crippen LogP contribution in [-0.4, -0.2) is 29.4 Å². The number of amides is 1. The molecule has 0 aromatic heterocycles. The van der Waals surface area contributed by atoms with Crippen molar-refractivity contribution in [1.82, 2.24) is 5.32 Å². The van der Waals surface area contributed by atoms with Crippen LogP contribution in [0.1, 0.15) is 27.7 Å². The van der Waals surface area contributed by atoms with Gasteiger partial charge >= 0.3 is 5.97 Å². The largest absolute Gasteiger partial charge is 0.463 e. The van der Waals surface area contributed by atoms with Gasteiger partial charge in [0.2, 0.25) is 5.91 Å². The number of nitrogens with one attached hydrogen (secondary N) is 1. The van der Waals surface area contributed by atoms with Crippen LogP contribution in [0, 0.1) is 5.92 Å². The van der Waals surface area contributed by atoms with E-state index >= 15 is 0 Å². The number of ether oxygens (including phenoxy) is 1. The molecule has 5 heteroatoms. The van der Waals surface area contributed by atoms with Gasteiger partial charge in [0.15, 0.2) is 0 Å². The van der Waals surface area contributed by atoms with Crippen LogP contribution in [0.4, 0.5) is 0 Å². The van der Waals surface area contributed by atoms with Crippen molar-refractivity contribution >= 4 is 27.8 Å². The second-order valence-electron chi connectivity index (χ2n) is 4.05. The number of hydrogen-bond acceptors (Lipinski definition) is 3. The van der Waals surface area contributed by atoms with Crippen molar-refractivity contribution in [2.75, 3.05) is 13.2 Å². The lowest BCUT2D eigenvalue weighted by Crippen LogP contribution is -2.33. The fourth-order valence-electron chi connectivity index (χ4n) is 0.694. The van der Waals surface area contributed by atoms with Crippen molar-refractivity contribution in [2.45, 2.75) is 32.0 Å². The van der Waals surface area contributed by atoms with Crippen LogP contribution in [0.15, 0.2) is 0 Å². The molecule has 0 spiro atoms. The van der Waals surface area contributed by atoms with Gasteiger partial charge in [-0.2, -0.15) is 0 Å². The van der Waals surface area contributed by atoms with E-state index < -0.39 is 4.32 Å². The van der Waals surface area contributed by atoms with Gasteiger partial charge in [-0.25, -0.2) is 0 Å². The third kappa shape index (κ3) is 6.49. The summed E-state index contributed by atoms with van der Waals surface area (Å²) in [6, 6.07) is 0. The third-order valence-electron chi connectivity index (χ3n) is 1.64. The Hall–Kier alpha value is -0.580. The maximum atomic E-state index is 11.3. The molecule has 0 aromatic carbocycles. The van der Waals surface area contributed by atoms with Gasteiger partial charge in [0.1, 0.15) is 10.9 Å².